The number of rotatable bonds is 6. The van der Waals surface area contributed by atoms with E-state index in [1.165, 1.54) is 23.0 Å². The number of nitrogens with zero attached hydrogens (tertiary/aromatic N) is 2. The maximum absolute atomic E-state index is 12.9. The molecule has 0 amide bonds. The molecule has 1 aliphatic heterocycles. The molecule has 192 valence electrons. The van der Waals surface area contributed by atoms with E-state index in [9.17, 15) is 26.4 Å². The van der Waals surface area contributed by atoms with Gasteiger partial charge in [-0.1, -0.05) is 17.7 Å². The van der Waals surface area contributed by atoms with Gasteiger partial charge < -0.3 is 14.8 Å². The molecule has 1 aliphatic carbocycles. The van der Waals surface area contributed by atoms with Crippen LogP contribution >= 0.6 is 11.6 Å². The van der Waals surface area contributed by atoms with Gasteiger partial charge in [0.15, 0.2) is 9.84 Å². The van der Waals surface area contributed by atoms with Crippen LogP contribution in [-0.2, 0) is 20.8 Å². The summed E-state index contributed by atoms with van der Waals surface area (Å²) in [5.74, 6) is 0.106. The first-order valence-electron chi connectivity index (χ1n) is 11.2. The lowest BCUT2D eigenvalue weighted by Crippen LogP contribution is -2.41. The molecule has 1 aromatic carbocycles. The monoisotopic (exact) mass is 535 g/mol. The van der Waals surface area contributed by atoms with E-state index in [4.69, 9.17) is 21.1 Å². The Morgan fingerprint density at radius 3 is 2.66 bits per heavy atom. The summed E-state index contributed by atoms with van der Waals surface area (Å²) in [5.41, 5.74) is -1.02. The Bertz CT molecular complexity index is 1210. The van der Waals surface area contributed by atoms with Gasteiger partial charge in [-0.15, -0.1) is 0 Å². The van der Waals surface area contributed by atoms with Gasteiger partial charge in [0.05, 0.1) is 48.6 Å². The fraction of sp³-hybridized carbons (Fsp3) is 0.545. The molecule has 1 saturated heterocycles. The van der Waals surface area contributed by atoms with Crippen LogP contribution in [0.25, 0.3) is 0 Å². The average molecular weight is 536 g/mol. The fourth-order valence-electron chi connectivity index (χ4n) is 4.24. The summed E-state index contributed by atoms with van der Waals surface area (Å²) in [6.07, 6.45) is -1.18. The first-order valence-corrected chi connectivity index (χ1v) is 13.3. The second kappa shape index (κ2) is 10.4. The summed E-state index contributed by atoms with van der Waals surface area (Å²) in [6, 6.07) is 4.54. The summed E-state index contributed by atoms with van der Waals surface area (Å²) in [5, 5.41) is 6.29. The van der Waals surface area contributed by atoms with Crippen LogP contribution in [-0.4, -0.2) is 55.1 Å². The molecule has 2 aliphatic rings. The molecule has 1 atom stereocenters. The Balaban J connectivity index is 1.36. The number of sulfone groups is 1. The lowest BCUT2D eigenvalue weighted by Gasteiger charge is -2.29. The number of alkyl halides is 3. The molecular formula is C22H25ClF3N3O5S. The van der Waals surface area contributed by atoms with Crippen molar-refractivity contribution in [1.82, 2.24) is 9.78 Å². The summed E-state index contributed by atoms with van der Waals surface area (Å²) < 4.78 is 75.3. The average Bonchev–Trinajstić information content (AvgIpc) is 2.81. The van der Waals surface area contributed by atoms with E-state index in [1.54, 1.807) is 0 Å². The van der Waals surface area contributed by atoms with Crippen molar-refractivity contribution < 1.29 is 31.1 Å². The molecule has 8 nitrogen and oxygen atoms in total. The topological polar surface area (TPSA) is 99.5 Å². The molecule has 0 unspecified atom stereocenters. The van der Waals surface area contributed by atoms with E-state index in [0.717, 1.165) is 12.1 Å². The predicted octanol–water partition coefficient (Wildman–Crippen LogP) is 3.70. The smallest absolute Gasteiger partial charge is 0.416 e. The van der Waals surface area contributed by atoms with Crippen LogP contribution < -0.4 is 15.6 Å². The largest absolute Gasteiger partial charge is 0.490 e. The molecule has 2 aromatic rings. The Hall–Kier alpha value is -2.31. The number of halogens is 4. The van der Waals surface area contributed by atoms with Crippen molar-refractivity contribution in [3.63, 3.8) is 0 Å². The molecule has 1 aromatic heterocycles. The summed E-state index contributed by atoms with van der Waals surface area (Å²) in [4.78, 5) is 12.8. The van der Waals surface area contributed by atoms with Crippen molar-refractivity contribution in [2.45, 2.75) is 49.3 Å². The van der Waals surface area contributed by atoms with Crippen LogP contribution in [0.4, 0.5) is 18.9 Å². The Morgan fingerprint density at radius 1 is 1.23 bits per heavy atom. The molecule has 2 fully saturated rings. The molecule has 2 heterocycles. The van der Waals surface area contributed by atoms with E-state index in [-0.39, 0.29) is 54.1 Å². The number of hydrogen-bond acceptors (Lipinski definition) is 7. The number of nitrogens with one attached hydrogen (secondary N) is 1. The standard InChI is InChI=1S/C22H25ClF3N3O5S/c23-20-19(27-11-18-13-33-8-9-35(18,31)32)12-28-29(21(20)30)15-4-6-16(7-5-15)34-17-3-1-2-14(10-17)22(24,25)26/h1-3,10,12,15-16,18,27H,4-9,11,13H2/t15?,16?,18-/m0/s1. The normalized spacial score (nSPS) is 24.6. The van der Waals surface area contributed by atoms with Crippen LogP contribution in [0.3, 0.4) is 0 Å². The zero-order valence-corrected chi connectivity index (χ0v) is 20.2. The molecule has 0 spiro atoms. The van der Waals surface area contributed by atoms with Crippen molar-refractivity contribution in [2.75, 3.05) is 30.8 Å². The van der Waals surface area contributed by atoms with E-state index < -0.39 is 32.4 Å². The Morgan fingerprint density at radius 2 is 1.97 bits per heavy atom. The summed E-state index contributed by atoms with van der Waals surface area (Å²) in [7, 11) is -3.28. The van der Waals surface area contributed by atoms with Gasteiger partial charge in [0, 0.05) is 6.54 Å². The molecule has 13 heteroatoms. The first-order chi connectivity index (χ1) is 16.5. The third kappa shape index (κ3) is 6.10. The highest BCUT2D eigenvalue weighted by Gasteiger charge is 2.32. The molecule has 1 N–H and O–H groups in total. The van der Waals surface area contributed by atoms with Crippen molar-refractivity contribution in [3.05, 3.63) is 51.4 Å². The van der Waals surface area contributed by atoms with Crippen molar-refractivity contribution in [3.8, 4) is 5.75 Å². The third-order valence-corrected chi connectivity index (χ3v) is 8.66. The third-order valence-electron chi connectivity index (χ3n) is 6.24. The maximum Gasteiger partial charge on any atom is 0.416 e. The second-order valence-corrected chi connectivity index (χ2v) is 11.4. The highest BCUT2D eigenvalue weighted by molar-refractivity contribution is 7.92. The van der Waals surface area contributed by atoms with Gasteiger partial charge in [-0.25, -0.2) is 13.1 Å². The van der Waals surface area contributed by atoms with Gasteiger partial charge in [-0.3, -0.25) is 4.79 Å². The summed E-state index contributed by atoms with van der Waals surface area (Å²) in [6.45, 7) is 0.291. The minimum Gasteiger partial charge on any atom is -0.490 e. The van der Waals surface area contributed by atoms with Gasteiger partial charge in [0.25, 0.3) is 5.56 Å². The van der Waals surface area contributed by atoms with Gasteiger partial charge in [0.2, 0.25) is 0 Å². The Labute approximate surface area is 205 Å². The molecule has 35 heavy (non-hydrogen) atoms. The minimum atomic E-state index is -4.44. The number of benzene rings is 1. The quantitative estimate of drug-likeness (QED) is 0.602. The van der Waals surface area contributed by atoms with E-state index in [0.29, 0.717) is 25.7 Å². The van der Waals surface area contributed by atoms with Crippen LogP contribution in [0.5, 0.6) is 5.75 Å². The van der Waals surface area contributed by atoms with Gasteiger partial charge >= 0.3 is 6.18 Å². The molecule has 0 radical (unpaired) electrons. The van der Waals surface area contributed by atoms with Crippen LogP contribution in [0.2, 0.25) is 5.02 Å². The number of anilines is 1. The first kappa shape index (κ1) is 25.8. The second-order valence-electron chi connectivity index (χ2n) is 8.64. The lowest BCUT2D eigenvalue weighted by atomic mass is 9.93. The molecule has 4 rings (SSSR count). The highest BCUT2D eigenvalue weighted by Crippen LogP contribution is 2.34. The molecule has 0 bridgehead atoms. The zero-order chi connectivity index (χ0) is 25.2. The van der Waals surface area contributed by atoms with Crippen molar-refractivity contribution in [2.24, 2.45) is 0 Å². The number of aromatic nitrogens is 2. The van der Waals surface area contributed by atoms with Crippen molar-refractivity contribution in [1.29, 1.82) is 0 Å². The maximum atomic E-state index is 12.9. The van der Waals surface area contributed by atoms with E-state index in [1.807, 2.05) is 0 Å². The van der Waals surface area contributed by atoms with Gasteiger partial charge in [0.1, 0.15) is 16.0 Å². The van der Waals surface area contributed by atoms with Crippen LogP contribution in [0.15, 0.2) is 35.3 Å². The molecular weight excluding hydrogens is 511 g/mol. The lowest BCUT2D eigenvalue weighted by molar-refractivity contribution is -0.137. The van der Waals surface area contributed by atoms with Crippen molar-refractivity contribution >= 4 is 27.1 Å². The minimum absolute atomic E-state index is 0.0468. The fourth-order valence-corrected chi connectivity index (χ4v) is 5.77. The van der Waals surface area contributed by atoms with Gasteiger partial charge in [-0.05, 0) is 43.9 Å². The number of ether oxygens (including phenoxy) is 2. The zero-order valence-electron chi connectivity index (χ0n) is 18.6. The SMILES string of the molecule is O=c1c(Cl)c(NC[C@H]2COCCS2(=O)=O)cnn1C1CCC(Oc2cccc(C(F)(F)F)c2)CC1. The predicted molar refractivity (Wildman–Crippen MR) is 124 cm³/mol. The Kier molecular flexibility index (Phi) is 7.62. The van der Waals surface area contributed by atoms with E-state index in [2.05, 4.69) is 10.4 Å². The van der Waals surface area contributed by atoms with E-state index >= 15 is 0 Å². The molecule has 1 saturated carbocycles. The summed E-state index contributed by atoms with van der Waals surface area (Å²) >= 11 is 6.26. The number of hydrogen-bond donors (Lipinski definition) is 1. The van der Waals surface area contributed by atoms with Crippen LogP contribution in [0.1, 0.15) is 37.3 Å². The van der Waals surface area contributed by atoms with Gasteiger partial charge in [-0.2, -0.15) is 18.3 Å². The highest BCUT2D eigenvalue weighted by atomic mass is 35.5. The van der Waals surface area contributed by atoms with Crippen LogP contribution in [0, 0.1) is 0 Å².